The highest BCUT2D eigenvalue weighted by Gasteiger charge is 2.11. The maximum atomic E-state index is 8.95. The highest BCUT2D eigenvalue weighted by atomic mass is 16.3. The van der Waals surface area contributed by atoms with Crippen molar-refractivity contribution < 1.29 is 5.11 Å². The van der Waals surface area contributed by atoms with Crippen molar-refractivity contribution in [3.05, 3.63) is 30.1 Å². The molecule has 8 nitrogen and oxygen atoms in total. The average Bonchev–Trinajstić information content (AvgIpc) is 2.60. The minimum atomic E-state index is 0.0186. The zero-order valence-corrected chi connectivity index (χ0v) is 13.5. The number of nitrogens with zero attached hydrogens (tertiary/aromatic N) is 5. The van der Waals surface area contributed by atoms with Crippen molar-refractivity contribution >= 4 is 17.8 Å². The van der Waals surface area contributed by atoms with E-state index in [0.29, 0.717) is 30.9 Å². The zero-order chi connectivity index (χ0) is 16.5. The van der Waals surface area contributed by atoms with Crippen LogP contribution in [0.4, 0.5) is 17.8 Å². The number of nitrogens with one attached hydrogen (secondary N) is 2. The van der Waals surface area contributed by atoms with Gasteiger partial charge in [0.15, 0.2) is 0 Å². The first-order chi connectivity index (χ1) is 11.3. The van der Waals surface area contributed by atoms with Crippen LogP contribution in [0.15, 0.2) is 24.5 Å². The van der Waals surface area contributed by atoms with E-state index < -0.39 is 0 Å². The number of aliphatic hydroxyl groups is 1. The lowest BCUT2D eigenvalue weighted by atomic mass is 10.3. The third-order valence-corrected chi connectivity index (χ3v) is 3.24. The third-order valence-electron chi connectivity index (χ3n) is 3.24. The van der Waals surface area contributed by atoms with E-state index in [1.807, 2.05) is 17.0 Å². The first-order valence-electron chi connectivity index (χ1n) is 7.75. The number of aromatic nitrogens is 4. The van der Waals surface area contributed by atoms with Gasteiger partial charge < -0.3 is 20.6 Å². The molecule has 0 unspecified atom stereocenters. The number of aliphatic hydroxyl groups excluding tert-OH is 1. The van der Waals surface area contributed by atoms with Gasteiger partial charge in [0.1, 0.15) is 0 Å². The number of rotatable bonds is 9. The molecule has 2 aromatic heterocycles. The van der Waals surface area contributed by atoms with Gasteiger partial charge in [0.25, 0.3) is 0 Å². The Kier molecular flexibility index (Phi) is 6.49. The molecular formula is C15H23N7O. The minimum absolute atomic E-state index is 0.0186. The van der Waals surface area contributed by atoms with Crippen LogP contribution < -0.4 is 15.5 Å². The summed E-state index contributed by atoms with van der Waals surface area (Å²) in [4.78, 5) is 19.3. The van der Waals surface area contributed by atoms with Crippen molar-refractivity contribution in [2.45, 2.75) is 20.4 Å². The molecule has 2 heterocycles. The van der Waals surface area contributed by atoms with E-state index >= 15 is 0 Å². The quantitative estimate of drug-likeness (QED) is 0.633. The van der Waals surface area contributed by atoms with E-state index in [2.05, 4.69) is 44.4 Å². The van der Waals surface area contributed by atoms with Gasteiger partial charge in [-0.15, -0.1) is 0 Å². The molecule has 0 fully saturated rings. The lowest BCUT2D eigenvalue weighted by Gasteiger charge is -2.19. The second kappa shape index (κ2) is 8.84. The SMILES string of the molecule is CCN(CC)c1nc(NCCO)nc(NCc2cccnc2)n1. The number of anilines is 3. The number of hydrogen-bond donors (Lipinski definition) is 3. The standard InChI is InChI=1S/C15H23N7O/c1-3-22(4-2)15-20-13(17-8-9-23)19-14(21-15)18-11-12-6-5-7-16-10-12/h5-7,10,23H,3-4,8-9,11H2,1-2H3,(H2,17,18,19,20,21). The van der Waals surface area contributed by atoms with Gasteiger partial charge >= 0.3 is 0 Å². The zero-order valence-electron chi connectivity index (χ0n) is 13.5. The monoisotopic (exact) mass is 317 g/mol. The van der Waals surface area contributed by atoms with Gasteiger partial charge in [0, 0.05) is 38.6 Å². The van der Waals surface area contributed by atoms with E-state index in [0.717, 1.165) is 18.7 Å². The Labute approximate surface area is 136 Å². The minimum Gasteiger partial charge on any atom is -0.395 e. The lowest BCUT2D eigenvalue weighted by Crippen LogP contribution is -2.25. The second-order valence-corrected chi connectivity index (χ2v) is 4.82. The van der Waals surface area contributed by atoms with E-state index in [1.165, 1.54) is 0 Å². The van der Waals surface area contributed by atoms with Gasteiger partial charge in [0.05, 0.1) is 6.61 Å². The first-order valence-corrected chi connectivity index (χ1v) is 7.75. The summed E-state index contributed by atoms with van der Waals surface area (Å²) in [6.07, 6.45) is 3.53. The highest BCUT2D eigenvalue weighted by Crippen LogP contribution is 2.14. The molecule has 0 atom stereocenters. The predicted molar refractivity (Wildman–Crippen MR) is 90.5 cm³/mol. The van der Waals surface area contributed by atoms with E-state index in [1.54, 1.807) is 12.4 Å². The maximum Gasteiger partial charge on any atom is 0.231 e. The van der Waals surface area contributed by atoms with Crippen molar-refractivity contribution in [2.24, 2.45) is 0 Å². The van der Waals surface area contributed by atoms with Gasteiger partial charge in [-0.25, -0.2) is 0 Å². The number of pyridine rings is 1. The summed E-state index contributed by atoms with van der Waals surface area (Å²) in [5.41, 5.74) is 1.04. The van der Waals surface area contributed by atoms with Crippen LogP contribution in [0.5, 0.6) is 0 Å². The Bertz CT molecular complexity index is 590. The van der Waals surface area contributed by atoms with Crippen LogP contribution in [-0.2, 0) is 6.54 Å². The molecule has 0 aliphatic heterocycles. The van der Waals surface area contributed by atoms with E-state index in [9.17, 15) is 0 Å². The van der Waals surface area contributed by atoms with E-state index in [4.69, 9.17) is 5.11 Å². The van der Waals surface area contributed by atoms with Crippen molar-refractivity contribution in [1.82, 2.24) is 19.9 Å². The Morgan fingerprint density at radius 2 is 1.83 bits per heavy atom. The Hall–Kier alpha value is -2.48. The molecule has 2 rings (SSSR count). The van der Waals surface area contributed by atoms with Gasteiger partial charge in [-0.05, 0) is 25.5 Å². The third kappa shape index (κ3) is 5.03. The first kappa shape index (κ1) is 16.9. The molecule has 0 bridgehead atoms. The van der Waals surface area contributed by atoms with Crippen LogP contribution in [-0.4, -0.2) is 51.3 Å². The number of hydrogen-bond acceptors (Lipinski definition) is 8. The van der Waals surface area contributed by atoms with Crippen LogP contribution in [0.3, 0.4) is 0 Å². The molecule has 0 aliphatic rings. The van der Waals surface area contributed by atoms with Crippen LogP contribution in [0.25, 0.3) is 0 Å². The van der Waals surface area contributed by atoms with Crippen LogP contribution >= 0.6 is 0 Å². The van der Waals surface area contributed by atoms with Crippen LogP contribution in [0, 0.1) is 0 Å². The summed E-state index contributed by atoms with van der Waals surface area (Å²) in [6.45, 7) is 6.71. The summed E-state index contributed by atoms with van der Waals surface area (Å²) in [6, 6.07) is 3.87. The molecule has 0 aromatic carbocycles. The van der Waals surface area contributed by atoms with Crippen molar-refractivity contribution in [1.29, 1.82) is 0 Å². The summed E-state index contributed by atoms with van der Waals surface area (Å²) in [7, 11) is 0. The molecular weight excluding hydrogens is 294 g/mol. The fraction of sp³-hybridized carbons (Fsp3) is 0.467. The summed E-state index contributed by atoms with van der Waals surface area (Å²) in [5, 5.41) is 15.1. The fourth-order valence-electron chi connectivity index (χ4n) is 2.02. The molecule has 0 radical (unpaired) electrons. The summed E-state index contributed by atoms with van der Waals surface area (Å²) in [5.74, 6) is 1.55. The molecule has 0 saturated heterocycles. The Balaban J connectivity index is 2.17. The molecule has 2 aromatic rings. The normalized spacial score (nSPS) is 10.4. The maximum absolute atomic E-state index is 8.95. The van der Waals surface area contributed by atoms with Crippen molar-refractivity contribution in [2.75, 3.05) is 41.8 Å². The molecule has 8 heteroatoms. The van der Waals surface area contributed by atoms with Gasteiger partial charge in [0.2, 0.25) is 17.8 Å². The molecule has 0 amide bonds. The molecule has 3 N–H and O–H groups in total. The van der Waals surface area contributed by atoms with Crippen LogP contribution in [0.2, 0.25) is 0 Å². The molecule has 0 aliphatic carbocycles. The van der Waals surface area contributed by atoms with E-state index in [-0.39, 0.29) is 6.61 Å². The van der Waals surface area contributed by atoms with Gasteiger partial charge in [-0.2, -0.15) is 15.0 Å². The van der Waals surface area contributed by atoms with Crippen molar-refractivity contribution in [3.63, 3.8) is 0 Å². The lowest BCUT2D eigenvalue weighted by molar-refractivity contribution is 0.311. The highest BCUT2D eigenvalue weighted by molar-refractivity contribution is 5.44. The Morgan fingerprint density at radius 3 is 2.43 bits per heavy atom. The summed E-state index contributed by atoms with van der Waals surface area (Å²) < 4.78 is 0. The van der Waals surface area contributed by atoms with Crippen LogP contribution in [0.1, 0.15) is 19.4 Å². The van der Waals surface area contributed by atoms with Gasteiger partial charge in [-0.3, -0.25) is 4.98 Å². The molecule has 0 spiro atoms. The molecule has 0 saturated carbocycles. The topological polar surface area (TPSA) is 99.1 Å². The molecule has 124 valence electrons. The Morgan fingerprint density at radius 1 is 1.09 bits per heavy atom. The summed E-state index contributed by atoms with van der Waals surface area (Å²) >= 11 is 0. The second-order valence-electron chi connectivity index (χ2n) is 4.82. The van der Waals surface area contributed by atoms with Gasteiger partial charge in [-0.1, -0.05) is 6.07 Å². The smallest absolute Gasteiger partial charge is 0.231 e. The van der Waals surface area contributed by atoms with Crippen molar-refractivity contribution in [3.8, 4) is 0 Å². The average molecular weight is 317 g/mol. The largest absolute Gasteiger partial charge is 0.395 e. The fourth-order valence-corrected chi connectivity index (χ4v) is 2.02. The predicted octanol–water partition coefficient (Wildman–Crippen LogP) is 1.13. The molecule has 23 heavy (non-hydrogen) atoms.